The predicted molar refractivity (Wildman–Crippen MR) is 63.6 cm³/mol. The number of halogens is 1. The average molecular weight is 227 g/mol. The van der Waals surface area contributed by atoms with E-state index in [1.165, 1.54) is 18.5 Å². The van der Waals surface area contributed by atoms with Crippen molar-refractivity contribution in [2.24, 2.45) is 0 Å². The van der Waals surface area contributed by atoms with Crippen LogP contribution in [0.3, 0.4) is 0 Å². The van der Waals surface area contributed by atoms with Gasteiger partial charge in [-0.25, -0.2) is 4.98 Å². The van der Waals surface area contributed by atoms with Gasteiger partial charge in [0.15, 0.2) is 5.15 Å². The molecular formula is C12H19ClN2. The zero-order chi connectivity index (χ0) is 11.2. The molecule has 1 unspecified atom stereocenters. The predicted octanol–water partition coefficient (Wildman–Crippen LogP) is 3.73. The Labute approximate surface area is 96.7 Å². The molecule has 2 nitrogen and oxygen atoms in total. The summed E-state index contributed by atoms with van der Waals surface area (Å²) in [6.45, 7) is 8.84. The second-order valence-electron chi connectivity index (χ2n) is 5.53. The molecule has 0 fully saturated rings. The molecule has 2 rings (SSSR count). The van der Waals surface area contributed by atoms with Gasteiger partial charge in [-0.15, -0.1) is 0 Å². The van der Waals surface area contributed by atoms with Gasteiger partial charge in [0.1, 0.15) is 5.82 Å². The molecule has 0 bridgehead atoms. The number of hydrogen-bond donors (Lipinski definition) is 0. The Kier molecular flexibility index (Phi) is 2.58. The van der Waals surface area contributed by atoms with Gasteiger partial charge in [0.05, 0.1) is 5.69 Å². The smallest absolute Gasteiger partial charge is 0.150 e. The van der Waals surface area contributed by atoms with Gasteiger partial charge in [-0.2, -0.15) is 0 Å². The number of nitrogens with zero attached hydrogens (tertiary/aromatic N) is 2. The van der Waals surface area contributed by atoms with Crippen LogP contribution in [-0.4, -0.2) is 9.55 Å². The number of imidazole rings is 1. The Bertz CT molecular complexity index is 374. The molecule has 0 N–H and O–H groups in total. The van der Waals surface area contributed by atoms with Crippen molar-refractivity contribution in [2.75, 3.05) is 0 Å². The van der Waals surface area contributed by atoms with Crippen LogP contribution in [0.5, 0.6) is 0 Å². The maximum Gasteiger partial charge on any atom is 0.150 e. The molecule has 0 aromatic carbocycles. The van der Waals surface area contributed by atoms with Crippen LogP contribution >= 0.6 is 11.6 Å². The molecule has 15 heavy (non-hydrogen) atoms. The molecule has 0 spiro atoms. The Morgan fingerprint density at radius 3 is 2.67 bits per heavy atom. The molecule has 1 atom stereocenters. The zero-order valence-corrected chi connectivity index (χ0v) is 10.7. The third-order valence-electron chi connectivity index (χ3n) is 3.11. The monoisotopic (exact) mass is 226 g/mol. The second-order valence-corrected chi connectivity index (χ2v) is 5.89. The fourth-order valence-electron chi connectivity index (χ4n) is 2.36. The second kappa shape index (κ2) is 3.51. The number of aromatic nitrogens is 2. The minimum Gasteiger partial charge on any atom is -0.327 e. The van der Waals surface area contributed by atoms with E-state index < -0.39 is 0 Å². The number of rotatable bonds is 0. The summed E-state index contributed by atoms with van der Waals surface area (Å²) < 4.78 is 2.35. The SMILES string of the molecule is CC1CCCc2c(Cl)nc(C(C)(C)C)n21. The highest BCUT2D eigenvalue weighted by Gasteiger charge is 2.29. The quantitative estimate of drug-likeness (QED) is 0.659. The van der Waals surface area contributed by atoms with Crippen LogP contribution in [0, 0.1) is 0 Å². The fourth-order valence-corrected chi connectivity index (χ4v) is 2.63. The van der Waals surface area contributed by atoms with E-state index in [9.17, 15) is 0 Å². The maximum absolute atomic E-state index is 6.20. The van der Waals surface area contributed by atoms with Crippen molar-refractivity contribution in [3.8, 4) is 0 Å². The highest BCUT2D eigenvalue weighted by atomic mass is 35.5. The molecule has 1 aromatic rings. The zero-order valence-electron chi connectivity index (χ0n) is 9.97. The van der Waals surface area contributed by atoms with Crippen LogP contribution in [0.25, 0.3) is 0 Å². The van der Waals surface area contributed by atoms with Crippen molar-refractivity contribution in [1.29, 1.82) is 0 Å². The third-order valence-corrected chi connectivity index (χ3v) is 3.41. The third kappa shape index (κ3) is 1.80. The first-order valence-corrected chi connectivity index (χ1v) is 6.06. The van der Waals surface area contributed by atoms with Crippen molar-refractivity contribution in [2.45, 2.75) is 58.4 Å². The Morgan fingerprint density at radius 2 is 2.07 bits per heavy atom. The molecule has 2 heterocycles. The Morgan fingerprint density at radius 1 is 1.40 bits per heavy atom. The van der Waals surface area contributed by atoms with Crippen molar-refractivity contribution < 1.29 is 0 Å². The summed E-state index contributed by atoms with van der Waals surface area (Å²) in [6, 6.07) is 0.544. The summed E-state index contributed by atoms with van der Waals surface area (Å²) in [6.07, 6.45) is 3.55. The Balaban J connectivity index is 2.58. The molecule has 0 saturated heterocycles. The van der Waals surface area contributed by atoms with Crippen molar-refractivity contribution in [1.82, 2.24) is 9.55 Å². The van der Waals surface area contributed by atoms with E-state index in [1.54, 1.807) is 0 Å². The molecule has 1 aliphatic rings. The van der Waals surface area contributed by atoms with Crippen LogP contribution in [0.15, 0.2) is 0 Å². The van der Waals surface area contributed by atoms with Crippen molar-refractivity contribution in [3.05, 3.63) is 16.7 Å². The van der Waals surface area contributed by atoms with E-state index in [-0.39, 0.29) is 5.41 Å². The van der Waals surface area contributed by atoms with Crippen LogP contribution in [0.1, 0.15) is 58.1 Å². The lowest BCUT2D eigenvalue weighted by atomic mass is 9.94. The van der Waals surface area contributed by atoms with Crippen molar-refractivity contribution in [3.63, 3.8) is 0 Å². The molecule has 0 amide bonds. The topological polar surface area (TPSA) is 17.8 Å². The van der Waals surface area contributed by atoms with Gasteiger partial charge < -0.3 is 4.57 Å². The van der Waals surface area contributed by atoms with Crippen molar-refractivity contribution >= 4 is 11.6 Å². The molecule has 1 aliphatic heterocycles. The Hall–Kier alpha value is -0.500. The minimum absolute atomic E-state index is 0.0769. The van der Waals surface area contributed by atoms with E-state index >= 15 is 0 Å². The largest absolute Gasteiger partial charge is 0.327 e. The van der Waals surface area contributed by atoms with Gasteiger partial charge in [0.25, 0.3) is 0 Å². The lowest BCUT2D eigenvalue weighted by molar-refractivity contribution is 0.387. The summed E-state index contributed by atoms with van der Waals surface area (Å²) in [5.74, 6) is 1.13. The summed E-state index contributed by atoms with van der Waals surface area (Å²) in [7, 11) is 0. The lowest BCUT2D eigenvalue weighted by Gasteiger charge is -2.28. The molecular weight excluding hydrogens is 208 g/mol. The van der Waals surface area contributed by atoms with E-state index in [0.29, 0.717) is 11.2 Å². The molecule has 0 radical (unpaired) electrons. The van der Waals surface area contributed by atoms with Gasteiger partial charge in [-0.3, -0.25) is 0 Å². The average Bonchev–Trinajstić information content (AvgIpc) is 2.45. The summed E-state index contributed by atoms with van der Waals surface area (Å²) in [5.41, 5.74) is 1.31. The molecule has 0 saturated carbocycles. The molecule has 1 aromatic heterocycles. The van der Waals surface area contributed by atoms with Crippen LogP contribution in [0.2, 0.25) is 5.15 Å². The summed E-state index contributed by atoms with van der Waals surface area (Å²) >= 11 is 6.20. The van der Waals surface area contributed by atoms with E-state index in [1.807, 2.05) is 0 Å². The van der Waals surface area contributed by atoms with Crippen LogP contribution < -0.4 is 0 Å². The van der Waals surface area contributed by atoms with Crippen LogP contribution in [-0.2, 0) is 11.8 Å². The number of hydrogen-bond acceptors (Lipinski definition) is 1. The fraction of sp³-hybridized carbons (Fsp3) is 0.750. The maximum atomic E-state index is 6.20. The summed E-state index contributed by atoms with van der Waals surface area (Å²) in [4.78, 5) is 4.54. The summed E-state index contributed by atoms with van der Waals surface area (Å²) in [5, 5.41) is 0.714. The molecule has 84 valence electrons. The standard InChI is InChI=1S/C12H19ClN2/c1-8-6-5-7-9-10(13)14-11(15(8)9)12(2,3)4/h8H,5-7H2,1-4H3. The lowest BCUT2D eigenvalue weighted by Crippen LogP contribution is -2.24. The van der Waals surface area contributed by atoms with Gasteiger partial charge in [-0.05, 0) is 26.2 Å². The van der Waals surface area contributed by atoms with Gasteiger partial charge >= 0.3 is 0 Å². The normalized spacial score (nSPS) is 21.5. The minimum atomic E-state index is 0.0769. The first kappa shape index (κ1) is 11.0. The van der Waals surface area contributed by atoms with Gasteiger partial charge in [0.2, 0.25) is 0 Å². The highest BCUT2D eigenvalue weighted by molar-refractivity contribution is 6.30. The van der Waals surface area contributed by atoms with Gasteiger partial charge in [0, 0.05) is 11.5 Å². The first-order chi connectivity index (χ1) is 6.91. The van der Waals surface area contributed by atoms with E-state index in [0.717, 1.165) is 12.2 Å². The van der Waals surface area contributed by atoms with Gasteiger partial charge in [-0.1, -0.05) is 32.4 Å². The van der Waals surface area contributed by atoms with E-state index in [2.05, 4.69) is 37.2 Å². The highest BCUT2D eigenvalue weighted by Crippen LogP contribution is 2.35. The van der Waals surface area contributed by atoms with E-state index in [4.69, 9.17) is 11.6 Å². The number of fused-ring (bicyclic) bond motifs is 1. The molecule has 0 aliphatic carbocycles. The molecule has 3 heteroatoms. The first-order valence-electron chi connectivity index (χ1n) is 5.68. The van der Waals surface area contributed by atoms with Crippen LogP contribution in [0.4, 0.5) is 0 Å².